The number of thiophene rings is 3. The molecule has 13 heteroatoms. The number of amides is 2. The van der Waals surface area contributed by atoms with Crippen molar-refractivity contribution in [3.05, 3.63) is 22.2 Å². The lowest BCUT2D eigenvalue weighted by atomic mass is 9.86. The molecule has 0 saturated carbocycles. The summed E-state index contributed by atoms with van der Waals surface area (Å²) in [6.45, 7) is 9.26. The molecule has 0 spiro atoms. The fourth-order valence-corrected chi connectivity index (χ4v) is 11.4. The van der Waals surface area contributed by atoms with Crippen molar-refractivity contribution in [3.63, 3.8) is 0 Å². The van der Waals surface area contributed by atoms with E-state index in [0.29, 0.717) is 31.8 Å². The second kappa shape index (κ2) is 8.79. The SMILES string of the molecule is CCN1C(=O)C(=NC2=Cc3sc4c(sc5cc(N=C6SC(=S)N(CC)C6=O)sc54)c3C2(C)C)SC1=S. The Labute approximate surface area is 238 Å². The van der Waals surface area contributed by atoms with Crippen molar-refractivity contribution in [2.45, 2.75) is 33.1 Å². The first-order valence-electron chi connectivity index (χ1n) is 11.1. The van der Waals surface area contributed by atoms with Gasteiger partial charge in [-0.15, -0.1) is 34.0 Å². The quantitative estimate of drug-likeness (QED) is 0.298. The molecular formula is C23H18N4O2S7. The van der Waals surface area contributed by atoms with Crippen molar-refractivity contribution in [3.8, 4) is 0 Å². The topological polar surface area (TPSA) is 65.3 Å². The molecule has 0 unspecified atom stereocenters. The van der Waals surface area contributed by atoms with Crippen LogP contribution in [0.4, 0.5) is 5.00 Å². The largest absolute Gasteiger partial charge is 0.292 e. The molecule has 2 fully saturated rings. The molecule has 3 aliphatic rings. The Balaban J connectivity index is 1.37. The smallest absolute Gasteiger partial charge is 0.285 e. The third kappa shape index (κ3) is 3.62. The number of hydrogen-bond acceptors (Lipinski definition) is 11. The minimum absolute atomic E-state index is 0.114. The van der Waals surface area contributed by atoms with Gasteiger partial charge in [-0.3, -0.25) is 19.4 Å². The summed E-state index contributed by atoms with van der Waals surface area (Å²) in [6.07, 6.45) is 2.11. The Bertz CT molecular complexity index is 1630. The molecule has 184 valence electrons. The molecule has 36 heavy (non-hydrogen) atoms. The average Bonchev–Trinajstić information content (AvgIpc) is 3.60. The number of hydrogen-bond donors (Lipinski definition) is 0. The molecule has 1 aliphatic carbocycles. The second-order valence-corrected chi connectivity index (χ2v) is 15.1. The van der Waals surface area contributed by atoms with Gasteiger partial charge in [0.05, 0.1) is 19.8 Å². The van der Waals surface area contributed by atoms with Crippen LogP contribution in [0.3, 0.4) is 0 Å². The lowest BCUT2D eigenvalue weighted by Crippen LogP contribution is -2.29. The maximum absolute atomic E-state index is 12.7. The van der Waals surface area contributed by atoms with Crippen LogP contribution in [0, 0.1) is 0 Å². The summed E-state index contributed by atoms with van der Waals surface area (Å²) < 4.78 is 5.99. The molecular weight excluding hydrogens is 589 g/mol. The second-order valence-electron chi connectivity index (χ2n) is 8.70. The zero-order chi connectivity index (χ0) is 25.5. The minimum atomic E-state index is -0.328. The third-order valence-electron chi connectivity index (χ3n) is 6.26. The molecule has 0 bridgehead atoms. The van der Waals surface area contributed by atoms with Crippen molar-refractivity contribution in [2.24, 2.45) is 9.98 Å². The molecule has 5 heterocycles. The van der Waals surface area contributed by atoms with E-state index in [1.54, 1.807) is 43.8 Å². The fraction of sp³-hybridized carbons (Fsp3) is 0.304. The number of fused-ring (bicyclic) bond motifs is 5. The highest BCUT2D eigenvalue weighted by Gasteiger charge is 2.40. The van der Waals surface area contributed by atoms with E-state index in [2.05, 4.69) is 31.0 Å². The van der Waals surface area contributed by atoms with Gasteiger partial charge in [0.15, 0.2) is 10.1 Å². The van der Waals surface area contributed by atoms with E-state index in [-0.39, 0.29) is 17.2 Å². The Morgan fingerprint density at radius 3 is 2.06 bits per heavy atom. The van der Waals surface area contributed by atoms with Crippen LogP contribution >= 0.6 is 82.0 Å². The van der Waals surface area contributed by atoms with Crippen LogP contribution in [0.2, 0.25) is 0 Å². The molecule has 2 aliphatic heterocycles. The predicted molar refractivity (Wildman–Crippen MR) is 166 cm³/mol. The van der Waals surface area contributed by atoms with Crippen LogP contribution in [0.1, 0.15) is 38.1 Å². The van der Waals surface area contributed by atoms with Gasteiger partial charge >= 0.3 is 0 Å². The van der Waals surface area contributed by atoms with Crippen LogP contribution in [0.5, 0.6) is 0 Å². The van der Waals surface area contributed by atoms with Crippen molar-refractivity contribution in [1.82, 2.24) is 9.80 Å². The Hall–Kier alpha value is -1.48. The van der Waals surface area contributed by atoms with E-state index in [0.717, 1.165) is 15.4 Å². The summed E-state index contributed by atoms with van der Waals surface area (Å²) in [4.78, 5) is 39.1. The van der Waals surface area contributed by atoms with Gasteiger partial charge in [-0.25, -0.2) is 9.98 Å². The zero-order valence-electron chi connectivity index (χ0n) is 19.5. The molecule has 2 saturated heterocycles. The van der Waals surface area contributed by atoms with E-state index < -0.39 is 0 Å². The third-order valence-corrected chi connectivity index (χ3v) is 12.7. The highest BCUT2D eigenvalue weighted by Crippen LogP contribution is 2.55. The number of rotatable bonds is 4. The van der Waals surface area contributed by atoms with E-state index in [1.807, 2.05) is 13.8 Å². The predicted octanol–water partition coefficient (Wildman–Crippen LogP) is 7.00. The summed E-state index contributed by atoms with van der Waals surface area (Å²) in [7, 11) is 0. The van der Waals surface area contributed by atoms with Crippen molar-refractivity contribution >= 4 is 142 Å². The van der Waals surface area contributed by atoms with Gasteiger partial charge in [0.25, 0.3) is 11.8 Å². The normalized spacial score (nSPS) is 21.9. The average molecular weight is 607 g/mol. The zero-order valence-corrected chi connectivity index (χ0v) is 25.2. The van der Waals surface area contributed by atoms with Gasteiger partial charge in [0, 0.05) is 28.1 Å². The fourth-order valence-electron chi connectivity index (χ4n) is 4.39. The highest BCUT2D eigenvalue weighted by atomic mass is 32.2. The Morgan fingerprint density at radius 2 is 1.47 bits per heavy atom. The molecule has 6 rings (SSSR count). The Kier molecular flexibility index (Phi) is 6.06. The van der Waals surface area contributed by atoms with Crippen molar-refractivity contribution in [2.75, 3.05) is 13.1 Å². The van der Waals surface area contributed by atoms with Gasteiger partial charge in [-0.05, 0) is 55.1 Å². The number of allylic oxidation sites excluding steroid dienone is 1. The van der Waals surface area contributed by atoms with Gasteiger partial charge in [-0.2, -0.15) is 0 Å². The van der Waals surface area contributed by atoms with Crippen LogP contribution in [-0.4, -0.2) is 53.4 Å². The summed E-state index contributed by atoms with van der Waals surface area (Å²) in [5.74, 6) is -0.232. The first-order valence-corrected chi connectivity index (χ1v) is 16.0. The molecule has 0 aromatic carbocycles. The van der Waals surface area contributed by atoms with E-state index in [9.17, 15) is 9.59 Å². The lowest BCUT2D eigenvalue weighted by Gasteiger charge is -2.21. The number of carbonyl (C=O) groups is 2. The summed E-state index contributed by atoms with van der Waals surface area (Å²) in [5, 5.41) is 1.70. The molecule has 0 radical (unpaired) electrons. The Morgan fingerprint density at radius 1 is 0.861 bits per heavy atom. The minimum Gasteiger partial charge on any atom is -0.292 e. The van der Waals surface area contributed by atoms with E-state index in [1.165, 1.54) is 48.1 Å². The molecule has 3 aromatic heterocycles. The lowest BCUT2D eigenvalue weighted by molar-refractivity contribution is -0.120. The first kappa shape index (κ1) is 24.8. The number of carbonyl (C=O) groups excluding carboxylic acids is 2. The number of nitrogens with zero attached hydrogens (tertiary/aromatic N) is 4. The van der Waals surface area contributed by atoms with Gasteiger partial charge in [0.2, 0.25) is 0 Å². The number of thioether (sulfide) groups is 2. The van der Waals surface area contributed by atoms with Gasteiger partial charge < -0.3 is 0 Å². The summed E-state index contributed by atoms with van der Waals surface area (Å²) in [6, 6.07) is 2.06. The van der Waals surface area contributed by atoms with Crippen LogP contribution in [0.15, 0.2) is 21.7 Å². The van der Waals surface area contributed by atoms with E-state index in [4.69, 9.17) is 29.4 Å². The van der Waals surface area contributed by atoms with Crippen molar-refractivity contribution < 1.29 is 9.59 Å². The number of thiocarbonyl (C=S) groups is 2. The van der Waals surface area contributed by atoms with Crippen LogP contribution < -0.4 is 0 Å². The van der Waals surface area contributed by atoms with Crippen molar-refractivity contribution in [1.29, 1.82) is 0 Å². The molecule has 3 aromatic rings. The van der Waals surface area contributed by atoms with Gasteiger partial charge in [0.1, 0.15) is 13.6 Å². The molecule has 2 amide bonds. The maximum atomic E-state index is 12.7. The van der Waals surface area contributed by atoms with Crippen LogP contribution in [-0.2, 0) is 15.0 Å². The highest BCUT2D eigenvalue weighted by molar-refractivity contribution is 8.35. The molecule has 0 atom stereocenters. The molecule has 6 nitrogen and oxygen atoms in total. The van der Waals surface area contributed by atoms with Crippen LogP contribution in [0.25, 0.3) is 24.9 Å². The maximum Gasteiger partial charge on any atom is 0.285 e. The monoisotopic (exact) mass is 606 g/mol. The first-order chi connectivity index (χ1) is 17.1. The standard InChI is InChI=1S/C23H18N4O2S7/c1-5-26-19(28)17(35-21(26)30)24-11-7-9-13(23(11,3)4)15-16(32-9)14-10(33-15)8-12(34-14)25-18-20(29)27(6-2)22(31)36-18/h7-8H,5-6H2,1-4H3. The van der Waals surface area contributed by atoms with E-state index >= 15 is 0 Å². The van der Waals surface area contributed by atoms with Gasteiger partial charge in [-0.1, -0.05) is 38.3 Å². The summed E-state index contributed by atoms with van der Waals surface area (Å²) in [5.41, 5.74) is 1.82. The molecule has 0 N–H and O–H groups in total. The number of aliphatic imine (C=N–C) groups is 2. The summed E-state index contributed by atoms with van der Waals surface area (Å²) >= 11 is 18.3.